The molecule has 1 aliphatic heterocycles. The highest BCUT2D eigenvalue weighted by molar-refractivity contribution is 5.86. The number of carbonyl (C=O) groups is 2. The lowest BCUT2D eigenvalue weighted by molar-refractivity contribution is -0.150. The van der Waals surface area contributed by atoms with Crippen molar-refractivity contribution in [3.05, 3.63) is 0 Å². The van der Waals surface area contributed by atoms with Crippen molar-refractivity contribution in [1.29, 1.82) is 0 Å². The van der Waals surface area contributed by atoms with E-state index in [1.165, 1.54) is 4.90 Å². The standard InChI is InChI=1S/C12H22N2O3/c1-4-7-14-8-5-6-10(14)11(15)13(3)9(2)12(16)17/h9-10H,4-8H2,1-3H3,(H,16,17)/t9-,10-/m1/s1. The van der Waals surface area contributed by atoms with E-state index in [2.05, 4.69) is 11.8 Å². The van der Waals surface area contributed by atoms with E-state index in [-0.39, 0.29) is 11.9 Å². The molecule has 1 amide bonds. The van der Waals surface area contributed by atoms with Crippen LogP contribution in [0.15, 0.2) is 0 Å². The summed E-state index contributed by atoms with van der Waals surface area (Å²) in [5.74, 6) is -1.02. The molecule has 5 nitrogen and oxygen atoms in total. The van der Waals surface area contributed by atoms with Crippen LogP contribution in [0.1, 0.15) is 33.1 Å². The van der Waals surface area contributed by atoms with Crippen molar-refractivity contribution >= 4 is 11.9 Å². The highest BCUT2D eigenvalue weighted by Gasteiger charge is 2.34. The molecule has 17 heavy (non-hydrogen) atoms. The number of carboxylic acid groups (broad SMARTS) is 1. The second-order valence-electron chi connectivity index (χ2n) is 4.66. The van der Waals surface area contributed by atoms with Gasteiger partial charge in [0, 0.05) is 7.05 Å². The van der Waals surface area contributed by atoms with Gasteiger partial charge >= 0.3 is 5.97 Å². The lowest BCUT2D eigenvalue weighted by atomic mass is 10.1. The van der Waals surface area contributed by atoms with E-state index in [0.29, 0.717) is 0 Å². The third-order valence-corrected chi connectivity index (χ3v) is 3.45. The second-order valence-corrected chi connectivity index (χ2v) is 4.66. The summed E-state index contributed by atoms with van der Waals surface area (Å²) in [6.07, 6.45) is 2.88. The highest BCUT2D eigenvalue weighted by Crippen LogP contribution is 2.19. The number of carbonyl (C=O) groups excluding carboxylic acids is 1. The predicted molar refractivity (Wildman–Crippen MR) is 64.8 cm³/mol. The number of nitrogens with zero attached hydrogens (tertiary/aromatic N) is 2. The molecule has 0 unspecified atom stereocenters. The van der Waals surface area contributed by atoms with Crippen LogP contribution in [0.3, 0.4) is 0 Å². The minimum atomic E-state index is -0.958. The Morgan fingerprint density at radius 3 is 2.71 bits per heavy atom. The molecule has 1 heterocycles. The maximum atomic E-state index is 12.2. The number of carboxylic acids is 1. The van der Waals surface area contributed by atoms with Gasteiger partial charge in [-0.3, -0.25) is 9.69 Å². The number of hydrogen-bond acceptors (Lipinski definition) is 3. The first kappa shape index (κ1) is 14.0. The molecule has 0 bridgehead atoms. The minimum absolute atomic E-state index is 0.0640. The average Bonchev–Trinajstić information content (AvgIpc) is 2.74. The van der Waals surface area contributed by atoms with Crippen LogP contribution in [-0.2, 0) is 9.59 Å². The zero-order valence-electron chi connectivity index (χ0n) is 10.8. The van der Waals surface area contributed by atoms with Gasteiger partial charge < -0.3 is 10.0 Å². The zero-order valence-corrected chi connectivity index (χ0v) is 10.8. The van der Waals surface area contributed by atoms with Gasteiger partial charge in [-0.25, -0.2) is 4.79 Å². The SMILES string of the molecule is CCCN1CCC[C@@H]1C(=O)N(C)[C@H](C)C(=O)O. The number of likely N-dealkylation sites (N-methyl/N-ethyl adjacent to an activating group) is 1. The van der Waals surface area contributed by atoms with Crippen molar-refractivity contribution in [3.8, 4) is 0 Å². The summed E-state index contributed by atoms with van der Waals surface area (Å²) < 4.78 is 0. The fourth-order valence-electron chi connectivity index (χ4n) is 2.25. The molecule has 1 N–H and O–H groups in total. The van der Waals surface area contributed by atoms with E-state index < -0.39 is 12.0 Å². The van der Waals surface area contributed by atoms with Crippen molar-refractivity contribution in [2.75, 3.05) is 20.1 Å². The number of hydrogen-bond donors (Lipinski definition) is 1. The summed E-state index contributed by atoms with van der Waals surface area (Å²) in [4.78, 5) is 26.6. The lowest BCUT2D eigenvalue weighted by Gasteiger charge is -2.29. The first-order valence-electron chi connectivity index (χ1n) is 6.22. The van der Waals surface area contributed by atoms with Gasteiger partial charge in [0.05, 0.1) is 6.04 Å². The van der Waals surface area contributed by atoms with E-state index in [1.807, 2.05) is 0 Å². The molecule has 1 aliphatic rings. The van der Waals surface area contributed by atoms with Gasteiger partial charge in [-0.05, 0) is 39.3 Å². The maximum Gasteiger partial charge on any atom is 0.326 e. The van der Waals surface area contributed by atoms with Gasteiger partial charge in [0.2, 0.25) is 5.91 Å². The van der Waals surface area contributed by atoms with Crippen LogP contribution in [0.5, 0.6) is 0 Å². The zero-order chi connectivity index (χ0) is 13.0. The lowest BCUT2D eigenvalue weighted by Crippen LogP contribution is -2.49. The maximum absolute atomic E-state index is 12.2. The first-order chi connectivity index (χ1) is 7.99. The molecule has 5 heteroatoms. The van der Waals surface area contributed by atoms with Gasteiger partial charge in [-0.15, -0.1) is 0 Å². The van der Waals surface area contributed by atoms with Crippen molar-refractivity contribution in [1.82, 2.24) is 9.80 Å². The Balaban J connectivity index is 2.65. The van der Waals surface area contributed by atoms with Crippen LogP contribution in [-0.4, -0.2) is 59.0 Å². The van der Waals surface area contributed by atoms with Gasteiger partial charge in [0.15, 0.2) is 0 Å². The summed E-state index contributed by atoms with van der Waals surface area (Å²) in [7, 11) is 1.57. The molecule has 0 aromatic heterocycles. The number of rotatable bonds is 5. The summed E-state index contributed by atoms with van der Waals surface area (Å²) in [5, 5.41) is 8.91. The van der Waals surface area contributed by atoms with E-state index in [0.717, 1.165) is 32.4 Å². The number of likely N-dealkylation sites (tertiary alicyclic amines) is 1. The molecule has 0 aliphatic carbocycles. The molecule has 2 atom stereocenters. The van der Waals surface area contributed by atoms with Crippen LogP contribution in [0, 0.1) is 0 Å². The van der Waals surface area contributed by atoms with Gasteiger partial charge in [0.25, 0.3) is 0 Å². The van der Waals surface area contributed by atoms with Gasteiger partial charge in [-0.2, -0.15) is 0 Å². The number of aliphatic carboxylic acids is 1. The molecule has 0 aromatic carbocycles. The fraction of sp³-hybridized carbons (Fsp3) is 0.833. The summed E-state index contributed by atoms with van der Waals surface area (Å²) in [5.41, 5.74) is 0. The second kappa shape index (κ2) is 6.00. The Labute approximate surface area is 102 Å². The number of amides is 1. The van der Waals surface area contributed by atoms with Crippen LogP contribution >= 0.6 is 0 Å². The third-order valence-electron chi connectivity index (χ3n) is 3.45. The molecule has 0 saturated carbocycles. The van der Waals surface area contributed by atoms with Crippen LogP contribution in [0.4, 0.5) is 0 Å². The smallest absolute Gasteiger partial charge is 0.326 e. The molecular formula is C12H22N2O3. The Morgan fingerprint density at radius 1 is 1.53 bits per heavy atom. The normalized spacial score (nSPS) is 22.4. The molecular weight excluding hydrogens is 220 g/mol. The Bertz CT molecular complexity index is 293. The third kappa shape index (κ3) is 3.19. The molecule has 0 spiro atoms. The van der Waals surface area contributed by atoms with Crippen molar-refractivity contribution in [3.63, 3.8) is 0 Å². The molecule has 1 rings (SSSR count). The molecule has 1 saturated heterocycles. The topological polar surface area (TPSA) is 60.9 Å². The predicted octanol–water partition coefficient (Wildman–Crippen LogP) is 0.792. The van der Waals surface area contributed by atoms with Crippen LogP contribution in [0.2, 0.25) is 0 Å². The van der Waals surface area contributed by atoms with Crippen molar-refractivity contribution in [2.45, 2.75) is 45.2 Å². The Morgan fingerprint density at radius 2 is 2.18 bits per heavy atom. The molecule has 1 fully saturated rings. The Kier molecular flexibility index (Phi) is 4.93. The van der Waals surface area contributed by atoms with E-state index in [4.69, 9.17) is 5.11 Å². The largest absolute Gasteiger partial charge is 0.480 e. The fourth-order valence-corrected chi connectivity index (χ4v) is 2.25. The van der Waals surface area contributed by atoms with Gasteiger partial charge in [-0.1, -0.05) is 6.92 Å². The van der Waals surface area contributed by atoms with E-state index in [1.54, 1.807) is 14.0 Å². The molecule has 98 valence electrons. The average molecular weight is 242 g/mol. The van der Waals surface area contributed by atoms with Crippen LogP contribution < -0.4 is 0 Å². The molecule has 0 radical (unpaired) electrons. The van der Waals surface area contributed by atoms with Crippen molar-refractivity contribution in [2.24, 2.45) is 0 Å². The van der Waals surface area contributed by atoms with E-state index >= 15 is 0 Å². The first-order valence-corrected chi connectivity index (χ1v) is 6.22. The van der Waals surface area contributed by atoms with Crippen LogP contribution in [0.25, 0.3) is 0 Å². The molecule has 0 aromatic rings. The Hall–Kier alpha value is -1.10. The summed E-state index contributed by atoms with van der Waals surface area (Å²) >= 11 is 0. The summed E-state index contributed by atoms with van der Waals surface area (Å²) in [6.45, 7) is 5.48. The monoisotopic (exact) mass is 242 g/mol. The van der Waals surface area contributed by atoms with Crippen molar-refractivity contribution < 1.29 is 14.7 Å². The van der Waals surface area contributed by atoms with E-state index in [9.17, 15) is 9.59 Å². The van der Waals surface area contributed by atoms with Gasteiger partial charge in [0.1, 0.15) is 6.04 Å². The summed E-state index contributed by atoms with van der Waals surface area (Å²) in [6, 6.07) is -0.881. The quantitative estimate of drug-likeness (QED) is 0.774. The minimum Gasteiger partial charge on any atom is -0.480 e. The highest BCUT2D eigenvalue weighted by atomic mass is 16.4.